The summed E-state index contributed by atoms with van der Waals surface area (Å²) in [4.78, 5) is 11.8. The van der Waals surface area contributed by atoms with Crippen molar-refractivity contribution in [3.8, 4) is 0 Å². The topological polar surface area (TPSA) is 55.1 Å². The Morgan fingerprint density at radius 2 is 1.80 bits per heavy atom. The monoisotopic (exact) mass is 276 g/mol. The van der Waals surface area contributed by atoms with E-state index < -0.39 is 6.04 Å². The van der Waals surface area contributed by atoms with E-state index >= 15 is 0 Å². The molecule has 0 heterocycles. The van der Waals surface area contributed by atoms with Crippen molar-refractivity contribution in [3.63, 3.8) is 0 Å². The molecule has 3 heteroatoms. The molecule has 1 aromatic rings. The van der Waals surface area contributed by atoms with Gasteiger partial charge in [-0.15, -0.1) is 0 Å². The predicted molar refractivity (Wildman–Crippen MR) is 84.4 cm³/mol. The van der Waals surface area contributed by atoms with Gasteiger partial charge in [0.25, 0.3) is 0 Å². The third-order valence-corrected chi connectivity index (χ3v) is 3.50. The lowest BCUT2D eigenvalue weighted by Gasteiger charge is -2.25. The van der Waals surface area contributed by atoms with E-state index in [2.05, 4.69) is 29.6 Å². The fourth-order valence-electron chi connectivity index (χ4n) is 1.99. The Hall–Kier alpha value is -1.35. The molecular formula is C17H28N2O. The highest BCUT2D eigenvalue weighted by molar-refractivity contribution is 5.82. The van der Waals surface area contributed by atoms with E-state index in [1.54, 1.807) is 0 Å². The number of rotatable bonds is 7. The summed E-state index contributed by atoms with van der Waals surface area (Å²) in [6.45, 7) is 6.67. The maximum atomic E-state index is 11.8. The second-order valence-corrected chi connectivity index (χ2v) is 6.43. The van der Waals surface area contributed by atoms with Gasteiger partial charge in [0.2, 0.25) is 5.91 Å². The minimum Gasteiger partial charge on any atom is -0.355 e. The van der Waals surface area contributed by atoms with E-state index in [4.69, 9.17) is 5.73 Å². The van der Waals surface area contributed by atoms with Crippen LogP contribution in [0.25, 0.3) is 0 Å². The molecule has 0 aromatic heterocycles. The van der Waals surface area contributed by atoms with Gasteiger partial charge in [0.05, 0.1) is 6.04 Å². The fourth-order valence-corrected chi connectivity index (χ4v) is 1.99. The minimum atomic E-state index is -0.438. The molecule has 0 aliphatic rings. The van der Waals surface area contributed by atoms with E-state index in [1.165, 1.54) is 5.56 Å². The number of aryl methyl sites for hydroxylation is 1. The van der Waals surface area contributed by atoms with Crippen LogP contribution in [0, 0.1) is 5.41 Å². The van der Waals surface area contributed by atoms with Gasteiger partial charge in [-0.3, -0.25) is 4.79 Å². The van der Waals surface area contributed by atoms with E-state index in [-0.39, 0.29) is 11.3 Å². The minimum absolute atomic E-state index is 0.0411. The van der Waals surface area contributed by atoms with Crippen LogP contribution in [0.3, 0.4) is 0 Å². The summed E-state index contributed by atoms with van der Waals surface area (Å²) >= 11 is 0. The highest BCUT2D eigenvalue weighted by atomic mass is 16.2. The van der Waals surface area contributed by atoms with E-state index in [0.717, 1.165) is 32.2 Å². The highest BCUT2D eigenvalue weighted by Crippen LogP contribution is 2.17. The van der Waals surface area contributed by atoms with Crippen LogP contribution < -0.4 is 11.1 Å². The molecule has 0 spiro atoms. The standard InChI is InChI=1S/C17H28N2O/c1-17(2,3)15(18)16(20)19-13-9-5-8-12-14-10-6-4-7-11-14/h4,6-7,10-11,15H,5,8-9,12-13,18H2,1-3H3,(H,19,20)/t15-/m1/s1. The summed E-state index contributed by atoms with van der Waals surface area (Å²) in [6.07, 6.45) is 4.40. The molecule has 0 aliphatic heterocycles. The van der Waals surface area contributed by atoms with Crippen LogP contribution in [0.4, 0.5) is 0 Å². The van der Waals surface area contributed by atoms with Gasteiger partial charge in [-0.2, -0.15) is 0 Å². The number of benzene rings is 1. The van der Waals surface area contributed by atoms with Crippen LogP contribution in [0.2, 0.25) is 0 Å². The van der Waals surface area contributed by atoms with Crippen LogP contribution in [0.1, 0.15) is 45.6 Å². The number of hydrogen-bond acceptors (Lipinski definition) is 2. The van der Waals surface area contributed by atoms with Gasteiger partial charge >= 0.3 is 0 Å². The molecule has 3 N–H and O–H groups in total. The Kier molecular flexibility index (Phi) is 6.73. The summed E-state index contributed by atoms with van der Waals surface area (Å²) in [5.74, 6) is -0.0411. The van der Waals surface area contributed by atoms with Crippen molar-refractivity contribution in [2.45, 2.75) is 52.5 Å². The lowest BCUT2D eigenvalue weighted by Crippen LogP contribution is -2.48. The largest absolute Gasteiger partial charge is 0.355 e. The number of amides is 1. The Balaban J connectivity index is 2.09. The molecular weight excluding hydrogens is 248 g/mol. The van der Waals surface area contributed by atoms with Gasteiger partial charge in [-0.1, -0.05) is 57.5 Å². The second-order valence-electron chi connectivity index (χ2n) is 6.43. The van der Waals surface area contributed by atoms with Crippen molar-refractivity contribution in [3.05, 3.63) is 35.9 Å². The van der Waals surface area contributed by atoms with Gasteiger partial charge in [0.15, 0.2) is 0 Å². The molecule has 3 nitrogen and oxygen atoms in total. The van der Waals surface area contributed by atoms with E-state index in [9.17, 15) is 4.79 Å². The summed E-state index contributed by atoms with van der Waals surface area (Å²) in [5, 5.41) is 2.92. The number of unbranched alkanes of at least 4 members (excludes halogenated alkanes) is 2. The third kappa shape index (κ3) is 6.20. The Bertz CT molecular complexity index is 395. The number of hydrogen-bond donors (Lipinski definition) is 2. The second kappa shape index (κ2) is 8.05. The molecule has 0 radical (unpaired) electrons. The first kappa shape index (κ1) is 16.7. The SMILES string of the molecule is CC(C)(C)[C@H](N)C(=O)NCCCCCc1ccccc1. The van der Waals surface area contributed by atoms with Gasteiger partial charge in [-0.05, 0) is 30.2 Å². The first-order chi connectivity index (χ1) is 9.41. The number of carbonyl (C=O) groups excluding carboxylic acids is 1. The van der Waals surface area contributed by atoms with Crippen molar-refractivity contribution in [1.82, 2.24) is 5.32 Å². The summed E-state index contributed by atoms with van der Waals surface area (Å²) in [5.41, 5.74) is 7.10. The Labute approximate surface area is 122 Å². The fraction of sp³-hybridized carbons (Fsp3) is 0.588. The summed E-state index contributed by atoms with van der Waals surface area (Å²) in [7, 11) is 0. The van der Waals surface area contributed by atoms with E-state index in [0.29, 0.717) is 0 Å². The predicted octanol–water partition coefficient (Wildman–Crippen LogP) is 2.89. The lowest BCUT2D eigenvalue weighted by atomic mass is 9.87. The molecule has 0 saturated heterocycles. The van der Waals surface area contributed by atoms with Crippen LogP contribution >= 0.6 is 0 Å². The molecule has 1 amide bonds. The zero-order chi connectivity index (χ0) is 15.0. The van der Waals surface area contributed by atoms with Crippen molar-refractivity contribution in [2.75, 3.05) is 6.54 Å². The van der Waals surface area contributed by atoms with Crippen molar-refractivity contribution in [2.24, 2.45) is 11.1 Å². The Morgan fingerprint density at radius 3 is 2.40 bits per heavy atom. The first-order valence-corrected chi connectivity index (χ1v) is 7.48. The molecule has 1 aromatic carbocycles. The number of carbonyl (C=O) groups is 1. The first-order valence-electron chi connectivity index (χ1n) is 7.48. The summed E-state index contributed by atoms with van der Waals surface area (Å²) < 4.78 is 0. The van der Waals surface area contributed by atoms with Gasteiger partial charge < -0.3 is 11.1 Å². The normalized spacial score (nSPS) is 13.0. The zero-order valence-corrected chi connectivity index (χ0v) is 13.0. The number of nitrogens with two attached hydrogens (primary N) is 1. The molecule has 0 saturated carbocycles. The van der Waals surface area contributed by atoms with Crippen LogP contribution in [0.5, 0.6) is 0 Å². The molecule has 1 rings (SSSR count). The third-order valence-electron chi connectivity index (χ3n) is 3.50. The van der Waals surface area contributed by atoms with Crippen LogP contribution in [-0.4, -0.2) is 18.5 Å². The molecule has 1 atom stereocenters. The molecule has 0 aliphatic carbocycles. The number of nitrogens with one attached hydrogen (secondary N) is 1. The quantitative estimate of drug-likeness (QED) is 0.752. The Morgan fingerprint density at radius 1 is 1.15 bits per heavy atom. The van der Waals surface area contributed by atoms with Crippen molar-refractivity contribution < 1.29 is 4.79 Å². The van der Waals surface area contributed by atoms with Crippen LogP contribution in [0.15, 0.2) is 30.3 Å². The van der Waals surface area contributed by atoms with Gasteiger partial charge in [-0.25, -0.2) is 0 Å². The maximum Gasteiger partial charge on any atom is 0.237 e. The smallest absolute Gasteiger partial charge is 0.237 e. The summed E-state index contributed by atoms with van der Waals surface area (Å²) in [6, 6.07) is 10.1. The highest BCUT2D eigenvalue weighted by Gasteiger charge is 2.26. The van der Waals surface area contributed by atoms with Crippen molar-refractivity contribution >= 4 is 5.91 Å². The molecule has 0 bridgehead atoms. The lowest BCUT2D eigenvalue weighted by molar-refractivity contribution is -0.124. The van der Waals surface area contributed by atoms with Gasteiger partial charge in [0, 0.05) is 6.54 Å². The van der Waals surface area contributed by atoms with Crippen molar-refractivity contribution in [1.29, 1.82) is 0 Å². The van der Waals surface area contributed by atoms with Gasteiger partial charge in [0.1, 0.15) is 0 Å². The molecule has 0 unspecified atom stereocenters. The zero-order valence-electron chi connectivity index (χ0n) is 13.0. The molecule has 112 valence electrons. The maximum absolute atomic E-state index is 11.8. The average molecular weight is 276 g/mol. The van der Waals surface area contributed by atoms with E-state index in [1.807, 2.05) is 26.8 Å². The molecule has 0 fully saturated rings. The molecule has 20 heavy (non-hydrogen) atoms. The average Bonchev–Trinajstić information content (AvgIpc) is 2.41. The van der Waals surface area contributed by atoms with Crippen LogP contribution in [-0.2, 0) is 11.2 Å².